The molecule has 1 atom stereocenters. The lowest BCUT2D eigenvalue weighted by Crippen LogP contribution is -2.32. The highest BCUT2D eigenvalue weighted by molar-refractivity contribution is 6.05. The zero-order chi connectivity index (χ0) is 23.6. The molecule has 6 nitrogen and oxygen atoms in total. The number of hydrogen-bond donors (Lipinski definition) is 2. The molecule has 3 aromatic carbocycles. The second-order valence-electron chi connectivity index (χ2n) is 7.78. The van der Waals surface area contributed by atoms with Crippen LogP contribution in [0.4, 0.5) is 5.69 Å². The molecule has 0 radical (unpaired) electrons. The maximum absolute atomic E-state index is 12.9. The summed E-state index contributed by atoms with van der Waals surface area (Å²) in [7, 11) is 3.91. The zero-order valence-corrected chi connectivity index (χ0v) is 19.0. The molecule has 0 saturated heterocycles. The minimum absolute atomic E-state index is 0.0245. The first kappa shape index (κ1) is 23.5. The van der Waals surface area contributed by atoms with E-state index in [1.165, 1.54) is 0 Å². The van der Waals surface area contributed by atoms with Gasteiger partial charge in [-0.25, -0.2) is 5.43 Å². The second-order valence-corrected chi connectivity index (χ2v) is 7.78. The van der Waals surface area contributed by atoms with E-state index in [4.69, 9.17) is 0 Å². The first-order valence-corrected chi connectivity index (χ1v) is 10.7. The van der Waals surface area contributed by atoms with Crippen molar-refractivity contribution in [3.05, 3.63) is 107 Å². The molecule has 0 aliphatic carbocycles. The number of amides is 2. The Morgan fingerprint density at radius 2 is 1.48 bits per heavy atom. The summed E-state index contributed by atoms with van der Waals surface area (Å²) in [5.41, 5.74) is 5.99. The fourth-order valence-corrected chi connectivity index (χ4v) is 3.09. The lowest BCUT2D eigenvalue weighted by molar-refractivity contribution is -0.117. The van der Waals surface area contributed by atoms with Gasteiger partial charge in [-0.1, -0.05) is 67.6 Å². The molecule has 3 rings (SSSR count). The van der Waals surface area contributed by atoms with Gasteiger partial charge in [-0.05, 0) is 41.5 Å². The first-order chi connectivity index (χ1) is 15.9. The van der Waals surface area contributed by atoms with Crippen molar-refractivity contribution >= 4 is 29.8 Å². The number of hydrazone groups is 1. The molecule has 0 unspecified atom stereocenters. The molecule has 0 saturated carbocycles. The number of nitrogens with zero attached hydrogens (tertiary/aromatic N) is 2. The van der Waals surface area contributed by atoms with Gasteiger partial charge in [0.05, 0.1) is 0 Å². The summed E-state index contributed by atoms with van der Waals surface area (Å²) in [5.74, 6) is -0.854. The second kappa shape index (κ2) is 11.4. The van der Waals surface area contributed by atoms with Crippen molar-refractivity contribution in [3.63, 3.8) is 0 Å². The molecule has 33 heavy (non-hydrogen) atoms. The lowest BCUT2D eigenvalue weighted by atomic mass is 10.0. The average Bonchev–Trinajstić information content (AvgIpc) is 2.84. The lowest BCUT2D eigenvalue weighted by Gasteiger charge is -2.13. The Labute approximate surface area is 194 Å². The van der Waals surface area contributed by atoms with Crippen molar-refractivity contribution < 1.29 is 9.59 Å². The molecule has 2 amide bonds. The maximum atomic E-state index is 12.9. The standard InChI is InChI=1S/C27H28N4O2/c1-20(22-10-6-4-7-11-22)19-28-30-27(33)25(29-26(32)23-12-8-5-9-13-23)18-21-14-16-24(17-15-21)31(2)3/h4-20H,1-3H3,(H,29,32)(H,30,33)/b25-18+,28-19-/t20-/m1/s1. The van der Waals surface area contributed by atoms with Gasteiger partial charge in [0.15, 0.2) is 0 Å². The molecule has 2 N–H and O–H groups in total. The average molecular weight is 441 g/mol. The number of nitrogens with one attached hydrogen (secondary N) is 2. The molecule has 0 bridgehead atoms. The number of anilines is 1. The van der Waals surface area contributed by atoms with E-state index in [2.05, 4.69) is 15.8 Å². The van der Waals surface area contributed by atoms with Crippen molar-refractivity contribution in [2.75, 3.05) is 19.0 Å². The smallest absolute Gasteiger partial charge is 0.287 e. The van der Waals surface area contributed by atoms with E-state index in [0.717, 1.165) is 16.8 Å². The molecule has 0 aromatic heterocycles. The SMILES string of the molecule is C[C@H](/C=N\NC(=O)/C(=C\c1ccc(N(C)C)cc1)NC(=O)c1ccccc1)c1ccccc1. The Morgan fingerprint density at radius 3 is 2.09 bits per heavy atom. The number of benzene rings is 3. The van der Waals surface area contributed by atoms with E-state index in [-0.39, 0.29) is 17.5 Å². The molecule has 168 valence electrons. The van der Waals surface area contributed by atoms with Crippen LogP contribution < -0.4 is 15.6 Å². The third kappa shape index (κ3) is 6.90. The van der Waals surface area contributed by atoms with E-state index in [1.807, 2.05) is 86.6 Å². The van der Waals surface area contributed by atoms with Crippen molar-refractivity contribution in [2.24, 2.45) is 5.10 Å². The summed E-state index contributed by atoms with van der Waals surface area (Å²) in [6.07, 6.45) is 3.29. The van der Waals surface area contributed by atoms with Gasteiger partial charge in [0.1, 0.15) is 5.70 Å². The summed E-state index contributed by atoms with van der Waals surface area (Å²) < 4.78 is 0. The molecule has 6 heteroatoms. The molecule has 0 fully saturated rings. The third-order valence-electron chi connectivity index (χ3n) is 5.04. The van der Waals surface area contributed by atoms with Gasteiger partial charge in [0, 0.05) is 37.5 Å². The fourth-order valence-electron chi connectivity index (χ4n) is 3.09. The predicted molar refractivity (Wildman–Crippen MR) is 134 cm³/mol. The minimum atomic E-state index is -0.507. The summed E-state index contributed by atoms with van der Waals surface area (Å²) in [6.45, 7) is 1.99. The Kier molecular flexibility index (Phi) is 8.13. The molecule has 0 spiro atoms. The van der Waals surface area contributed by atoms with Gasteiger partial charge >= 0.3 is 0 Å². The highest BCUT2D eigenvalue weighted by atomic mass is 16.2. The van der Waals surface area contributed by atoms with Gasteiger partial charge in [-0.2, -0.15) is 5.10 Å². The summed E-state index contributed by atoms with van der Waals surface area (Å²) >= 11 is 0. The number of hydrogen-bond acceptors (Lipinski definition) is 4. The van der Waals surface area contributed by atoms with Crippen molar-refractivity contribution in [1.82, 2.24) is 10.7 Å². The van der Waals surface area contributed by atoms with Gasteiger partial charge in [0.25, 0.3) is 11.8 Å². The van der Waals surface area contributed by atoms with Crippen LogP contribution in [0.5, 0.6) is 0 Å². The highest BCUT2D eigenvalue weighted by Crippen LogP contribution is 2.15. The topological polar surface area (TPSA) is 73.8 Å². The van der Waals surface area contributed by atoms with E-state index in [0.29, 0.717) is 5.56 Å². The van der Waals surface area contributed by atoms with Crippen molar-refractivity contribution in [2.45, 2.75) is 12.8 Å². The molecular formula is C27H28N4O2. The molecule has 3 aromatic rings. The van der Waals surface area contributed by atoms with Crippen molar-refractivity contribution in [3.8, 4) is 0 Å². The van der Waals surface area contributed by atoms with Crippen LogP contribution >= 0.6 is 0 Å². The minimum Gasteiger partial charge on any atom is -0.378 e. The quantitative estimate of drug-likeness (QED) is 0.309. The number of carbonyl (C=O) groups is 2. The third-order valence-corrected chi connectivity index (χ3v) is 5.04. The largest absolute Gasteiger partial charge is 0.378 e. The molecular weight excluding hydrogens is 412 g/mol. The monoisotopic (exact) mass is 440 g/mol. The van der Waals surface area contributed by atoms with E-state index >= 15 is 0 Å². The van der Waals surface area contributed by atoms with Crippen LogP contribution in [0, 0.1) is 0 Å². The predicted octanol–water partition coefficient (Wildman–Crippen LogP) is 4.43. The Hall–Kier alpha value is -4.19. The van der Waals surface area contributed by atoms with E-state index < -0.39 is 5.91 Å². The van der Waals surface area contributed by atoms with Crippen LogP contribution in [0.25, 0.3) is 6.08 Å². The van der Waals surface area contributed by atoms with Gasteiger partial charge in [-0.15, -0.1) is 0 Å². The fraction of sp³-hybridized carbons (Fsp3) is 0.148. The molecule has 0 aliphatic heterocycles. The van der Waals surface area contributed by atoms with Crippen LogP contribution in [0.1, 0.15) is 34.3 Å². The van der Waals surface area contributed by atoms with Gasteiger partial charge in [-0.3, -0.25) is 9.59 Å². The molecule has 0 aliphatic rings. The maximum Gasteiger partial charge on any atom is 0.287 e. The Balaban J connectivity index is 1.78. The van der Waals surface area contributed by atoms with Crippen LogP contribution in [0.2, 0.25) is 0 Å². The van der Waals surface area contributed by atoms with Crippen molar-refractivity contribution in [1.29, 1.82) is 0 Å². The van der Waals surface area contributed by atoms with E-state index in [9.17, 15) is 9.59 Å². The zero-order valence-electron chi connectivity index (χ0n) is 19.0. The molecule has 0 heterocycles. The Bertz CT molecular complexity index is 1120. The van der Waals surface area contributed by atoms with Crippen LogP contribution in [-0.4, -0.2) is 32.1 Å². The van der Waals surface area contributed by atoms with Crippen LogP contribution in [-0.2, 0) is 4.79 Å². The summed E-state index contributed by atoms with van der Waals surface area (Å²) in [5, 5.41) is 6.82. The van der Waals surface area contributed by atoms with Crippen LogP contribution in [0.3, 0.4) is 0 Å². The summed E-state index contributed by atoms with van der Waals surface area (Å²) in [4.78, 5) is 27.6. The number of carbonyl (C=O) groups excluding carboxylic acids is 2. The normalized spacial score (nSPS) is 12.3. The Morgan fingerprint density at radius 1 is 0.879 bits per heavy atom. The van der Waals surface area contributed by atoms with E-state index in [1.54, 1.807) is 36.6 Å². The van der Waals surface area contributed by atoms with Crippen LogP contribution in [0.15, 0.2) is 95.7 Å². The summed E-state index contributed by atoms with van der Waals surface area (Å²) in [6, 6.07) is 26.3. The number of rotatable bonds is 8. The first-order valence-electron chi connectivity index (χ1n) is 10.7. The van der Waals surface area contributed by atoms with Gasteiger partial charge in [0.2, 0.25) is 0 Å². The van der Waals surface area contributed by atoms with Gasteiger partial charge < -0.3 is 10.2 Å². The highest BCUT2D eigenvalue weighted by Gasteiger charge is 2.14.